The van der Waals surface area contributed by atoms with Gasteiger partial charge in [-0.1, -0.05) is 20.8 Å². The van der Waals surface area contributed by atoms with Gasteiger partial charge in [0.2, 0.25) is 5.91 Å². The zero-order valence-corrected chi connectivity index (χ0v) is 15.5. The topological polar surface area (TPSA) is 70.7 Å². The molecule has 0 saturated carbocycles. The van der Waals surface area contributed by atoms with Crippen LogP contribution in [0.4, 0.5) is 23.7 Å². The van der Waals surface area contributed by atoms with Gasteiger partial charge >= 0.3 is 12.4 Å². The summed E-state index contributed by atoms with van der Waals surface area (Å²) in [4.78, 5) is 26.1. The van der Waals surface area contributed by atoms with E-state index in [-0.39, 0.29) is 17.7 Å². The number of hydrogen-bond acceptors (Lipinski definition) is 3. The van der Waals surface area contributed by atoms with Crippen molar-refractivity contribution >= 4 is 17.6 Å². The molecule has 0 atom stereocenters. The number of piperidine rings is 1. The molecule has 27 heavy (non-hydrogen) atoms. The van der Waals surface area contributed by atoms with E-state index in [2.05, 4.69) is 15.4 Å². The van der Waals surface area contributed by atoms with Gasteiger partial charge in [-0.2, -0.15) is 0 Å². The van der Waals surface area contributed by atoms with Gasteiger partial charge in [0, 0.05) is 30.2 Å². The molecule has 1 aliphatic rings. The summed E-state index contributed by atoms with van der Waals surface area (Å²) < 4.78 is 40.2. The highest BCUT2D eigenvalue weighted by molar-refractivity contribution is 5.89. The number of hydrogen-bond donors (Lipinski definition) is 2. The van der Waals surface area contributed by atoms with E-state index in [4.69, 9.17) is 0 Å². The van der Waals surface area contributed by atoms with Gasteiger partial charge in [0.05, 0.1) is 0 Å². The number of urea groups is 1. The van der Waals surface area contributed by atoms with Gasteiger partial charge in [-0.05, 0) is 37.1 Å². The molecule has 2 rings (SSSR count). The van der Waals surface area contributed by atoms with Gasteiger partial charge in [0.1, 0.15) is 5.75 Å². The summed E-state index contributed by atoms with van der Waals surface area (Å²) in [5.41, 5.74) is -0.0815. The summed E-state index contributed by atoms with van der Waals surface area (Å²) in [6.07, 6.45) is -3.46. The van der Waals surface area contributed by atoms with Gasteiger partial charge in [-0.25, -0.2) is 4.79 Å². The van der Waals surface area contributed by atoms with Crippen LogP contribution in [-0.4, -0.2) is 42.3 Å². The number of rotatable bonds is 3. The predicted octanol–water partition coefficient (Wildman–Crippen LogP) is 3.74. The molecule has 150 valence electrons. The first-order chi connectivity index (χ1) is 12.4. The minimum atomic E-state index is -4.75. The molecule has 0 radical (unpaired) electrons. The second-order valence-corrected chi connectivity index (χ2v) is 7.49. The third-order valence-electron chi connectivity index (χ3n) is 4.10. The predicted molar refractivity (Wildman–Crippen MR) is 94.3 cm³/mol. The Morgan fingerprint density at radius 1 is 1.07 bits per heavy atom. The minimum absolute atomic E-state index is 0.0677. The number of nitrogens with one attached hydrogen (secondary N) is 2. The lowest BCUT2D eigenvalue weighted by Crippen LogP contribution is -2.49. The lowest BCUT2D eigenvalue weighted by molar-refractivity contribution is -0.274. The highest BCUT2D eigenvalue weighted by atomic mass is 19.4. The SMILES string of the molecule is CC(C)(C)C(=O)N1CCC(NC(=O)Nc2ccc(OC(F)(F)F)cc2)CC1. The molecule has 1 aromatic rings. The molecule has 1 heterocycles. The molecule has 0 aromatic heterocycles. The molecule has 0 unspecified atom stereocenters. The monoisotopic (exact) mass is 387 g/mol. The Morgan fingerprint density at radius 2 is 1.63 bits per heavy atom. The van der Waals surface area contributed by atoms with E-state index in [1.165, 1.54) is 12.1 Å². The molecule has 3 amide bonds. The van der Waals surface area contributed by atoms with Gasteiger partial charge < -0.3 is 20.3 Å². The van der Waals surface area contributed by atoms with E-state index in [0.29, 0.717) is 31.6 Å². The largest absolute Gasteiger partial charge is 0.573 e. The number of ether oxygens (including phenoxy) is 1. The molecule has 1 saturated heterocycles. The Bertz CT molecular complexity index is 661. The number of halogens is 3. The Morgan fingerprint density at radius 3 is 2.11 bits per heavy atom. The molecule has 1 aromatic carbocycles. The Kier molecular flexibility index (Phi) is 6.22. The number of carbonyl (C=O) groups is 2. The van der Waals surface area contributed by atoms with Crippen molar-refractivity contribution in [2.24, 2.45) is 5.41 Å². The number of anilines is 1. The van der Waals surface area contributed by atoms with E-state index in [1.54, 1.807) is 4.90 Å². The van der Waals surface area contributed by atoms with Crippen molar-refractivity contribution in [2.75, 3.05) is 18.4 Å². The lowest BCUT2D eigenvalue weighted by atomic mass is 9.93. The summed E-state index contributed by atoms with van der Waals surface area (Å²) in [5.74, 6) is -0.268. The van der Waals surface area contributed by atoms with Crippen molar-refractivity contribution in [3.05, 3.63) is 24.3 Å². The number of benzene rings is 1. The molecule has 1 aliphatic heterocycles. The highest BCUT2D eigenvalue weighted by Gasteiger charge is 2.31. The van der Waals surface area contributed by atoms with Crippen molar-refractivity contribution in [3.8, 4) is 5.75 Å². The van der Waals surface area contributed by atoms with E-state index in [9.17, 15) is 22.8 Å². The summed E-state index contributed by atoms with van der Waals surface area (Å²) in [6, 6.07) is 4.39. The third kappa shape index (κ3) is 6.65. The lowest BCUT2D eigenvalue weighted by Gasteiger charge is -2.35. The Balaban J connectivity index is 1.79. The smallest absolute Gasteiger partial charge is 0.406 e. The molecule has 9 heteroatoms. The normalized spacial score (nSPS) is 16.0. The van der Waals surface area contributed by atoms with E-state index in [1.807, 2.05) is 20.8 Å². The molecule has 6 nitrogen and oxygen atoms in total. The molecule has 2 N–H and O–H groups in total. The van der Waals surface area contributed by atoms with Crippen LogP contribution in [0.15, 0.2) is 24.3 Å². The molecule has 1 fully saturated rings. The maximum absolute atomic E-state index is 12.2. The zero-order chi connectivity index (χ0) is 20.2. The first-order valence-electron chi connectivity index (χ1n) is 8.67. The molecular weight excluding hydrogens is 363 g/mol. The molecule has 0 bridgehead atoms. The summed E-state index contributed by atoms with van der Waals surface area (Å²) in [7, 11) is 0. The fourth-order valence-corrected chi connectivity index (χ4v) is 2.79. The fraction of sp³-hybridized carbons (Fsp3) is 0.556. The van der Waals surface area contributed by atoms with Crippen LogP contribution < -0.4 is 15.4 Å². The van der Waals surface area contributed by atoms with Gasteiger partial charge in [0.25, 0.3) is 0 Å². The van der Waals surface area contributed by atoms with Gasteiger partial charge in [-0.3, -0.25) is 4.79 Å². The number of alkyl halides is 3. The number of nitrogens with zero attached hydrogens (tertiary/aromatic N) is 1. The average molecular weight is 387 g/mol. The minimum Gasteiger partial charge on any atom is -0.406 e. The number of likely N-dealkylation sites (tertiary alicyclic amines) is 1. The van der Waals surface area contributed by atoms with Crippen molar-refractivity contribution in [3.63, 3.8) is 0 Å². The first kappa shape index (κ1) is 20.9. The van der Waals surface area contributed by atoms with Crippen LogP contribution in [0, 0.1) is 5.41 Å². The third-order valence-corrected chi connectivity index (χ3v) is 4.10. The quantitative estimate of drug-likeness (QED) is 0.830. The maximum atomic E-state index is 12.2. The molecule has 0 aliphatic carbocycles. The summed E-state index contributed by atoms with van der Waals surface area (Å²) >= 11 is 0. The first-order valence-corrected chi connectivity index (χ1v) is 8.67. The van der Waals surface area contributed by atoms with Crippen molar-refractivity contribution in [1.82, 2.24) is 10.2 Å². The average Bonchev–Trinajstić information content (AvgIpc) is 2.54. The van der Waals surface area contributed by atoms with Crippen LogP contribution in [0.3, 0.4) is 0 Å². The van der Waals surface area contributed by atoms with Crippen molar-refractivity contribution < 1.29 is 27.5 Å². The highest BCUT2D eigenvalue weighted by Crippen LogP contribution is 2.24. The summed E-state index contributed by atoms with van der Waals surface area (Å²) in [6.45, 7) is 6.77. The second-order valence-electron chi connectivity index (χ2n) is 7.49. The van der Waals surface area contributed by atoms with E-state index in [0.717, 1.165) is 12.1 Å². The van der Waals surface area contributed by atoms with Crippen LogP contribution in [0.5, 0.6) is 5.75 Å². The van der Waals surface area contributed by atoms with Crippen molar-refractivity contribution in [2.45, 2.75) is 46.0 Å². The zero-order valence-electron chi connectivity index (χ0n) is 15.5. The molecule has 0 spiro atoms. The van der Waals surface area contributed by atoms with Crippen LogP contribution in [0.2, 0.25) is 0 Å². The Hall–Kier alpha value is -2.45. The maximum Gasteiger partial charge on any atom is 0.573 e. The van der Waals surface area contributed by atoms with Crippen LogP contribution >= 0.6 is 0 Å². The van der Waals surface area contributed by atoms with E-state index >= 15 is 0 Å². The summed E-state index contributed by atoms with van der Waals surface area (Å²) in [5, 5.41) is 5.39. The number of amides is 3. The van der Waals surface area contributed by atoms with E-state index < -0.39 is 17.8 Å². The van der Waals surface area contributed by atoms with Crippen LogP contribution in [-0.2, 0) is 4.79 Å². The number of carbonyl (C=O) groups excluding carboxylic acids is 2. The van der Waals surface area contributed by atoms with Crippen molar-refractivity contribution in [1.29, 1.82) is 0 Å². The fourth-order valence-electron chi connectivity index (χ4n) is 2.79. The van der Waals surface area contributed by atoms with Crippen LogP contribution in [0.1, 0.15) is 33.6 Å². The standard InChI is InChI=1S/C18H24F3N3O3/c1-17(2,3)15(25)24-10-8-13(9-11-24)23-16(26)22-12-4-6-14(7-5-12)27-18(19,20)21/h4-7,13H,8-11H2,1-3H3,(H2,22,23,26). The second kappa shape index (κ2) is 8.06. The Labute approximate surface area is 156 Å². The van der Waals surface area contributed by atoms with Crippen LogP contribution in [0.25, 0.3) is 0 Å². The van der Waals surface area contributed by atoms with Gasteiger partial charge in [-0.15, -0.1) is 13.2 Å². The van der Waals surface area contributed by atoms with Gasteiger partial charge in [0.15, 0.2) is 0 Å². The molecular formula is C18H24F3N3O3.